The van der Waals surface area contributed by atoms with Crippen LogP contribution < -0.4 is 10.5 Å². The van der Waals surface area contributed by atoms with Crippen LogP contribution in [0.3, 0.4) is 0 Å². The molecule has 2 N–H and O–H groups in total. The summed E-state index contributed by atoms with van der Waals surface area (Å²) in [6.45, 7) is 0. The van der Waals surface area contributed by atoms with Crippen molar-refractivity contribution in [1.82, 2.24) is 0 Å². The third-order valence-corrected chi connectivity index (χ3v) is 3.48. The lowest BCUT2D eigenvalue weighted by Gasteiger charge is -2.04. The van der Waals surface area contributed by atoms with Crippen molar-refractivity contribution in [2.24, 2.45) is 10.7 Å². The topological polar surface area (TPSA) is 81.8 Å². The maximum Gasteiger partial charge on any atom is 0.321 e. The van der Waals surface area contributed by atoms with E-state index in [9.17, 15) is 8.42 Å². The van der Waals surface area contributed by atoms with Crippen LogP contribution in [0.2, 0.25) is 5.02 Å². The van der Waals surface area contributed by atoms with Crippen LogP contribution in [0.1, 0.15) is 0 Å². The molecular formula is C9H7ClN2O3S. The summed E-state index contributed by atoms with van der Waals surface area (Å²) in [7, 11) is -3.74. The minimum atomic E-state index is -3.74. The van der Waals surface area contributed by atoms with E-state index in [4.69, 9.17) is 22.1 Å². The Bertz CT molecular complexity index is 575. The smallest absolute Gasteiger partial charge is 0.321 e. The summed E-state index contributed by atoms with van der Waals surface area (Å²) >= 11 is 5.67. The van der Waals surface area contributed by atoms with Gasteiger partial charge in [-0.3, -0.25) is 0 Å². The average Bonchev–Trinajstić information content (AvgIpc) is 2.48. The van der Waals surface area contributed by atoms with Crippen molar-refractivity contribution in [3.8, 4) is 5.75 Å². The number of halogens is 1. The standard InChI is InChI=1S/C9H7ClN2O3S/c10-6-1-3-7(4-2-6)15-9-12-5-8(11)16(9,13)14/h1-5H,11H2. The summed E-state index contributed by atoms with van der Waals surface area (Å²) in [4.78, 5) is 3.57. The maximum absolute atomic E-state index is 11.5. The van der Waals surface area contributed by atoms with Gasteiger partial charge in [-0.05, 0) is 24.3 Å². The Morgan fingerprint density at radius 2 is 1.88 bits per heavy atom. The predicted molar refractivity (Wildman–Crippen MR) is 60.7 cm³/mol. The molecule has 0 aromatic heterocycles. The average molecular weight is 259 g/mol. The summed E-state index contributed by atoms with van der Waals surface area (Å²) in [5.74, 6) is 0.329. The molecule has 0 saturated carbocycles. The van der Waals surface area contributed by atoms with Gasteiger partial charge in [-0.25, -0.2) is 13.4 Å². The van der Waals surface area contributed by atoms with Gasteiger partial charge in [-0.2, -0.15) is 0 Å². The largest absolute Gasteiger partial charge is 0.430 e. The Balaban J connectivity index is 2.23. The van der Waals surface area contributed by atoms with Crippen molar-refractivity contribution in [3.63, 3.8) is 0 Å². The first kappa shape index (κ1) is 11.0. The molecule has 7 heteroatoms. The highest BCUT2D eigenvalue weighted by molar-refractivity contribution is 8.09. The summed E-state index contributed by atoms with van der Waals surface area (Å²) in [5, 5.41) is -0.218. The molecule has 1 aromatic rings. The molecule has 0 amide bonds. The Kier molecular flexibility index (Phi) is 2.61. The van der Waals surface area contributed by atoms with Gasteiger partial charge in [-0.1, -0.05) is 11.6 Å². The van der Waals surface area contributed by atoms with Crippen molar-refractivity contribution in [2.75, 3.05) is 0 Å². The molecule has 5 nitrogen and oxygen atoms in total. The molecule has 0 bridgehead atoms. The zero-order valence-corrected chi connectivity index (χ0v) is 9.49. The van der Waals surface area contributed by atoms with E-state index < -0.39 is 15.1 Å². The van der Waals surface area contributed by atoms with Crippen LogP contribution in [0.4, 0.5) is 0 Å². The second kappa shape index (κ2) is 3.80. The summed E-state index contributed by atoms with van der Waals surface area (Å²) in [6.07, 6.45) is 1.04. The van der Waals surface area contributed by atoms with Gasteiger partial charge >= 0.3 is 5.23 Å². The molecule has 0 fully saturated rings. The normalized spacial score (nSPS) is 17.8. The van der Waals surface area contributed by atoms with Gasteiger partial charge in [0.15, 0.2) is 5.03 Å². The third-order valence-electron chi connectivity index (χ3n) is 1.86. The lowest BCUT2D eigenvalue weighted by Crippen LogP contribution is -2.22. The number of hydrogen-bond donors (Lipinski definition) is 1. The van der Waals surface area contributed by atoms with Gasteiger partial charge in [0.1, 0.15) is 5.75 Å². The van der Waals surface area contributed by atoms with Crippen LogP contribution in [-0.4, -0.2) is 13.6 Å². The molecule has 0 atom stereocenters. The predicted octanol–water partition coefficient (Wildman–Crippen LogP) is 1.26. The van der Waals surface area contributed by atoms with Gasteiger partial charge in [0.2, 0.25) is 0 Å². The Morgan fingerprint density at radius 1 is 1.25 bits per heavy atom. The number of hydrogen-bond acceptors (Lipinski definition) is 5. The van der Waals surface area contributed by atoms with Crippen molar-refractivity contribution in [2.45, 2.75) is 0 Å². The highest BCUT2D eigenvalue weighted by Crippen LogP contribution is 2.19. The van der Waals surface area contributed by atoms with Crippen LogP contribution >= 0.6 is 11.6 Å². The number of rotatable bonds is 1. The summed E-state index contributed by atoms with van der Waals surface area (Å²) < 4.78 is 28.1. The number of ether oxygens (including phenoxy) is 1. The first-order valence-electron chi connectivity index (χ1n) is 4.22. The van der Waals surface area contributed by atoms with Gasteiger partial charge < -0.3 is 10.5 Å². The first-order chi connectivity index (χ1) is 7.50. The van der Waals surface area contributed by atoms with Crippen LogP contribution in [-0.2, 0) is 9.84 Å². The quantitative estimate of drug-likeness (QED) is 0.822. The molecule has 0 unspecified atom stereocenters. The van der Waals surface area contributed by atoms with E-state index in [0.29, 0.717) is 10.8 Å². The number of sulfone groups is 1. The second-order valence-electron chi connectivity index (χ2n) is 2.99. The number of benzene rings is 1. The summed E-state index contributed by atoms with van der Waals surface area (Å²) in [5.41, 5.74) is 5.24. The highest BCUT2D eigenvalue weighted by atomic mass is 35.5. The van der Waals surface area contributed by atoms with Crippen LogP contribution in [0.5, 0.6) is 5.75 Å². The van der Waals surface area contributed by atoms with E-state index in [2.05, 4.69) is 4.99 Å². The van der Waals surface area contributed by atoms with Gasteiger partial charge in [-0.15, -0.1) is 0 Å². The second-order valence-corrected chi connectivity index (χ2v) is 5.25. The Morgan fingerprint density at radius 3 is 2.38 bits per heavy atom. The SMILES string of the molecule is NC1=CN=C(Oc2ccc(Cl)cc2)S1(=O)=O. The van der Waals surface area contributed by atoms with E-state index >= 15 is 0 Å². The van der Waals surface area contributed by atoms with E-state index in [1.807, 2.05) is 0 Å². The number of nitrogens with zero attached hydrogens (tertiary/aromatic N) is 1. The Labute approximate surface area is 97.1 Å². The van der Waals surface area contributed by atoms with Crippen LogP contribution in [0.15, 0.2) is 40.5 Å². The van der Waals surface area contributed by atoms with Crippen molar-refractivity contribution in [3.05, 3.63) is 40.5 Å². The molecule has 0 radical (unpaired) electrons. The maximum atomic E-state index is 11.5. The first-order valence-corrected chi connectivity index (χ1v) is 6.08. The molecule has 1 aromatic carbocycles. The fourth-order valence-corrected chi connectivity index (χ4v) is 1.96. The fourth-order valence-electron chi connectivity index (χ4n) is 1.04. The minimum Gasteiger partial charge on any atom is -0.430 e. The van der Waals surface area contributed by atoms with E-state index in [1.54, 1.807) is 12.1 Å². The molecule has 1 aliphatic rings. The zero-order valence-electron chi connectivity index (χ0n) is 7.92. The third kappa shape index (κ3) is 1.89. The van der Waals surface area contributed by atoms with E-state index in [-0.39, 0.29) is 5.03 Å². The molecule has 2 rings (SSSR count). The van der Waals surface area contributed by atoms with Crippen LogP contribution in [0, 0.1) is 0 Å². The molecule has 0 saturated heterocycles. The van der Waals surface area contributed by atoms with E-state index in [1.165, 1.54) is 12.1 Å². The fraction of sp³-hybridized carbons (Fsp3) is 0. The molecule has 84 valence electrons. The van der Waals surface area contributed by atoms with Crippen molar-refractivity contribution >= 4 is 26.7 Å². The van der Waals surface area contributed by atoms with E-state index in [0.717, 1.165) is 6.20 Å². The van der Waals surface area contributed by atoms with Crippen molar-refractivity contribution in [1.29, 1.82) is 0 Å². The molecule has 0 spiro atoms. The number of aliphatic imine (C=N–C) groups is 1. The van der Waals surface area contributed by atoms with Gasteiger partial charge in [0, 0.05) is 5.02 Å². The lowest BCUT2D eigenvalue weighted by atomic mass is 10.3. The zero-order chi connectivity index (χ0) is 11.8. The number of nitrogens with two attached hydrogens (primary N) is 1. The Hall–Kier alpha value is -1.53. The van der Waals surface area contributed by atoms with Crippen molar-refractivity contribution < 1.29 is 13.2 Å². The molecule has 1 aliphatic heterocycles. The molecular weight excluding hydrogens is 252 g/mol. The molecule has 0 aliphatic carbocycles. The lowest BCUT2D eigenvalue weighted by molar-refractivity contribution is 0.549. The molecule has 16 heavy (non-hydrogen) atoms. The minimum absolute atomic E-state index is 0.323. The van der Waals surface area contributed by atoms with Gasteiger partial charge in [0.25, 0.3) is 9.84 Å². The monoisotopic (exact) mass is 258 g/mol. The summed E-state index contributed by atoms with van der Waals surface area (Å²) in [6, 6.07) is 6.23. The highest BCUT2D eigenvalue weighted by Gasteiger charge is 2.30. The van der Waals surface area contributed by atoms with Crippen LogP contribution in [0.25, 0.3) is 0 Å². The molecule has 1 heterocycles. The van der Waals surface area contributed by atoms with Gasteiger partial charge in [0.05, 0.1) is 6.20 Å².